The SMILES string of the molecule is [SH][Zr]([Cl])([Cl])([c]1cccc2c1C=CC2)[c]1cc(Br)cc2c1C1C=NC=CC1=C2. The first kappa shape index (κ1) is 18.6. The van der Waals surface area contributed by atoms with Crippen molar-refractivity contribution >= 4 is 67.3 Å². The number of benzene rings is 2. The van der Waals surface area contributed by atoms with Crippen molar-refractivity contribution in [3.63, 3.8) is 0 Å². The molecule has 5 rings (SSSR count). The van der Waals surface area contributed by atoms with Crippen molar-refractivity contribution in [2.75, 3.05) is 0 Å². The van der Waals surface area contributed by atoms with Gasteiger partial charge in [-0.3, -0.25) is 0 Å². The van der Waals surface area contributed by atoms with Crippen molar-refractivity contribution in [1.82, 2.24) is 0 Å². The number of thiol groups is 1. The quantitative estimate of drug-likeness (QED) is 0.444. The molecule has 3 aliphatic rings. The molecule has 1 heterocycles. The van der Waals surface area contributed by atoms with Crippen LogP contribution in [0.5, 0.6) is 0 Å². The Labute approximate surface area is 178 Å². The van der Waals surface area contributed by atoms with Crippen molar-refractivity contribution in [1.29, 1.82) is 0 Å². The van der Waals surface area contributed by atoms with Crippen LogP contribution in [0.15, 0.2) is 63.7 Å². The van der Waals surface area contributed by atoms with Gasteiger partial charge in [-0.05, 0) is 0 Å². The Kier molecular flexibility index (Phi) is 4.36. The molecule has 2 aliphatic carbocycles. The zero-order valence-electron chi connectivity index (χ0n) is 14.2. The molecule has 1 unspecified atom stereocenters. The number of allylic oxidation sites excluding steroid dienone is 3. The van der Waals surface area contributed by atoms with Gasteiger partial charge in [-0.25, -0.2) is 0 Å². The van der Waals surface area contributed by atoms with Crippen molar-refractivity contribution in [3.8, 4) is 0 Å². The van der Waals surface area contributed by atoms with Crippen LogP contribution in [0.2, 0.25) is 0 Å². The molecule has 0 saturated carbocycles. The van der Waals surface area contributed by atoms with E-state index in [0.29, 0.717) is 0 Å². The van der Waals surface area contributed by atoms with Crippen LogP contribution >= 0.6 is 42.3 Å². The van der Waals surface area contributed by atoms with Crippen molar-refractivity contribution in [3.05, 3.63) is 81.0 Å². The van der Waals surface area contributed by atoms with Crippen LogP contribution in [-0.2, 0) is 21.4 Å². The summed E-state index contributed by atoms with van der Waals surface area (Å²) >= 11 is -1.18. The molecule has 1 aliphatic heterocycles. The number of hydrogen-bond acceptors (Lipinski definition) is 2. The number of rotatable bonds is 2. The van der Waals surface area contributed by atoms with E-state index in [-0.39, 0.29) is 5.92 Å². The molecule has 0 amide bonds. The Morgan fingerprint density at radius 2 is 2.00 bits per heavy atom. The molecule has 0 bridgehead atoms. The Morgan fingerprint density at radius 1 is 1.15 bits per heavy atom. The second-order valence-corrected chi connectivity index (χ2v) is 34.0. The fourth-order valence-corrected chi connectivity index (χ4v) is 17.5. The van der Waals surface area contributed by atoms with Crippen molar-refractivity contribution < 1.29 is 14.9 Å². The molecule has 0 saturated heterocycles. The van der Waals surface area contributed by atoms with Gasteiger partial charge in [0.05, 0.1) is 0 Å². The minimum atomic E-state index is -4.83. The Balaban J connectivity index is 1.80. The topological polar surface area (TPSA) is 12.4 Å². The molecule has 2 aromatic carbocycles. The molecule has 27 heavy (non-hydrogen) atoms. The van der Waals surface area contributed by atoms with Crippen LogP contribution in [0.25, 0.3) is 12.2 Å². The summed E-state index contributed by atoms with van der Waals surface area (Å²) in [5, 5.41) is 0. The van der Waals surface area contributed by atoms with Gasteiger partial charge in [0.25, 0.3) is 0 Å². The molecule has 2 aromatic rings. The van der Waals surface area contributed by atoms with Gasteiger partial charge in [0.2, 0.25) is 0 Å². The van der Waals surface area contributed by atoms with E-state index in [9.17, 15) is 0 Å². The first-order valence-electron chi connectivity index (χ1n) is 8.70. The van der Waals surface area contributed by atoms with Crippen LogP contribution in [0.4, 0.5) is 0 Å². The Hall–Kier alpha value is -0.377. The summed E-state index contributed by atoms with van der Waals surface area (Å²) < 4.78 is 2.93. The summed E-state index contributed by atoms with van der Waals surface area (Å²) in [4.78, 5) is 4.36. The van der Waals surface area contributed by atoms with Crippen LogP contribution in [0.3, 0.4) is 0 Å². The van der Waals surface area contributed by atoms with Gasteiger partial charge in [-0.15, -0.1) is 0 Å². The van der Waals surface area contributed by atoms with Gasteiger partial charge in [-0.1, -0.05) is 0 Å². The monoisotopic (exact) mass is 552 g/mol. The maximum absolute atomic E-state index is 7.41. The first-order chi connectivity index (χ1) is 12.8. The molecule has 1 nitrogen and oxygen atoms in total. The summed E-state index contributed by atoms with van der Waals surface area (Å²) in [7, 11) is 19.9. The van der Waals surface area contributed by atoms with Crippen LogP contribution in [0, 0.1) is 0 Å². The molecular weight excluding hydrogens is 540 g/mol. The molecular formula is C21H15BrCl2NSZr. The van der Waals surface area contributed by atoms with Gasteiger partial charge >= 0.3 is 180 Å². The Bertz CT molecular complexity index is 1120. The zero-order valence-corrected chi connectivity index (χ0v) is 20.6. The van der Waals surface area contributed by atoms with E-state index in [1.165, 1.54) is 11.1 Å². The maximum atomic E-state index is 7.41. The Morgan fingerprint density at radius 3 is 2.85 bits per heavy atom. The molecule has 135 valence electrons. The third-order valence-electron chi connectivity index (χ3n) is 5.49. The third-order valence-corrected chi connectivity index (χ3v) is 20.2. The molecule has 0 N–H and O–H groups in total. The minimum absolute atomic E-state index is 0.0814. The van der Waals surface area contributed by atoms with E-state index in [0.717, 1.165) is 34.1 Å². The molecule has 0 spiro atoms. The third kappa shape index (κ3) is 2.87. The second kappa shape index (κ2) is 6.31. The number of hydrogen-bond donors (Lipinski definition) is 1. The van der Waals surface area contributed by atoms with Crippen molar-refractivity contribution in [2.24, 2.45) is 4.99 Å². The van der Waals surface area contributed by atoms with E-state index >= 15 is 0 Å². The normalized spacial score (nSPS) is 20.7. The number of halogens is 3. The standard InChI is InChI=1S/C12H7BrN.C9H7.2ClH.H2S.Zr/c13-10-1-2-11-9(6-10)5-8-3-4-14-7-12(8)11;1-2-5-9-7-3-6-8(9)4-1;;;;/h1,3-7,12H;1-4,7H,6H2;2*1H;1H2;/q;;;;;+3/p-3. The van der Waals surface area contributed by atoms with Gasteiger partial charge in [0.15, 0.2) is 0 Å². The summed E-state index contributed by atoms with van der Waals surface area (Å²) in [6.07, 6.45) is 13.2. The van der Waals surface area contributed by atoms with Crippen LogP contribution < -0.4 is 6.54 Å². The molecule has 0 aromatic heterocycles. The molecule has 0 radical (unpaired) electrons. The summed E-state index contributed by atoms with van der Waals surface area (Å²) in [5.41, 5.74) is 5.89. The predicted octanol–water partition coefficient (Wildman–Crippen LogP) is 5.89. The predicted molar refractivity (Wildman–Crippen MR) is 122 cm³/mol. The van der Waals surface area contributed by atoms with E-state index in [1.54, 1.807) is 0 Å². The van der Waals surface area contributed by atoms with E-state index in [2.05, 4.69) is 69.5 Å². The number of aliphatic imine (C=N–C) groups is 1. The van der Waals surface area contributed by atoms with Crippen molar-refractivity contribution in [2.45, 2.75) is 12.3 Å². The van der Waals surface area contributed by atoms with Gasteiger partial charge in [-0.2, -0.15) is 0 Å². The van der Waals surface area contributed by atoms with Crippen LogP contribution in [-0.4, -0.2) is 6.21 Å². The van der Waals surface area contributed by atoms with Gasteiger partial charge < -0.3 is 0 Å². The average Bonchev–Trinajstić information content (AvgIpc) is 3.24. The fourth-order valence-electron chi connectivity index (χ4n) is 4.28. The van der Waals surface area contributed by atoms with E-state index in [4.69, 9.17) is 26.4 Å². The number of nitrogens with zero attached hydrogens (tertiary/aromatic N) is 1. The molecule has 0 fully saturated rings. The summed E-state index contributed by atoms with van der Waals surface area (Å²) in [6, 6.07) is 10.4. The number of fused-ring (bicyclic) bond motifs is 4. The molecule has 1 atom stereocenters. The summed E-state index contributed by atoms with van der Waals surface area (Å²) in [5.74, 6) is 0.0814. The second-order valence-electron chi connectivity index (χ2n) is 7.14. The van der Waals surface area contributed by atoms with Crippen LogP contribution in [0.1, 0.15) is 28.2 Å². The summed E-state index contributed by atoms with van der Waals surface area (Å²) in [6.45, 7) is 0. The average molecular weight is 555 g/mol. The molecule has 6 heteroatoms. The van der Waals surface area contributed by atoms with Gasteiger partial charge in [0, 0.05) is 0 Å². The van der Waals surface area contributed by atoms with E-state index in [1.807, 2.05) is 18.5 Å². The zero-order chi connectivity index (χ0) is 18.8. The fraction of sp³-hybridized carbons (Fsp3) is 0.0952. The van der Waals surface area contributed by atoms with E-state index < -0.39 is 14.9 Å². The van der Waals surface area contributed by atoms with Gasteiger partial charge in [0.1, 0.15) is 0 Å². The first-order valence-corrected chi connectivity index (χ1v) is 22.0.